The van der Waals surface area contributed by atoms with Gasteiger partial charge in [-0.25, -0.2) is 0 Å². The van der Waals surface area contributed by atoms with E-state index in [2.05, 4.69) is 99.0 Å². The third kappa shape index (κ3) is 45.7. The molecule has 0 aromatic heterocycles. The predicted octanol–water partition coefficient (Wildman–Crippen LogP) is 16.2. The Hall–Kier alpha value is -2.70. The molecule has 0 radical (unpaired) electrons. The van der Waals surface area contributed by atoms with E-state index in [9.17, 15) is 19.8 Å². The fourth-order valence-corrected chi connectivity index (χ4v) is 7.70. The van der Waals surface area contributed by atoms with E-state index >= 15 is 0 Å². The summed E-state index contributed by atoms with van der Waals surface area (Å²) in [6.07, 6.45) is 63.9. The summed E-state index contributed by atoms with van der Waals surface area (Å²) in [4.78, 5) is 26.1. The summed E-state index contributed by atoms with van der Waals surface area (Å²) in [7, 11) is 0. The topological polar surface area (TPSA) is 95.9 Å². The zero-order valence-electron chi connectivity index (χ0n) is 41.4. The summed E-state index contributed by atoms with van der Waals surface area (Å²) in [5.41, 5.74) is 0. The van der Waals surface area contributed by atoms with Crippen molar-refractivity contribution in [2.45, 2.75) is 270 Å². The van der Waals surface area contributed by atoms with Gasteiger partial charge in [0.1, 0.15) is 6.10 Å². The average Bonchev–Trinajstić information content (AvgIpc) is 3.28. The fourth-order valence-electron chi connectivity index (χ4n) is 7.70. The summed E-state index contributed by atoms with van der Waals surface area (Å²) in [6, 6.07) is -0.725. The first-order chi connectivity index (χ1) is 31.0. The van der Waals surface area contributed by atoms with Crippen LogP contribution in [0.1, 0.15) is 252 Å². The number of hydrogen-bond acceptors (Lipinski definition) is 5. The lowest BCUT2D eigenvalue weighted by Gasteiger charge is -2.24. The van der Waals surface area contributed by atoms with Crippen molar-refractivity contribution in [2.75, 3.05) is 6.61 Å². The number of amides is 1. The number of nitrogens with one attached hydrogen (secondary N) is 1. The summed E-state index contributed by atoms with van der Waals surface area (Å²) in [5.74, 6) is -0.558. The van der Waals surface area contributed by atoms with E-state index < -0.39 is 18.2 Å². The molecule has 0 aliphatic rings. The van der Waals surface area contributed by atoms with Crippen molar-refractivity contribution in [3.8, 4) is 0 Å². The molecule has 0 aliphatic carbocycles. The number of hydrogen-bond donors (Lipinski definition) is 3. The second-order valence-corrected chi connectivity index (χ2v) is 17.9. The summed E-state index contributed by atoms with van der Waals surface area (Å²) >= 11 is 0. The molecule has 1 amide bonds. The van der Waals surface area contributed by atoms with Crippen molar-refractivity contribution in [1.82, 2.24) is 5.32 Å². The third-order valence-electron chi connectivity index (χ3n) is 11.8. The second-order valence-electron chi connectivity index (χ2n) is 17.9. The van der Waals surface area contributed by atoms with Gasteiger partial charge >= 0.3 is 5.97 Å². The van der Waals surface area contributed by atoms with Crippen LogP contribution in [0.3, 0.4) is 0 Å². The van der Waals surface area contributed by atoms with E-state index in [4.69, 9.17) is 4.74 Å². The van der Waals surface area contributed by atoms with Crippen LogP contribution in [0.4, 0.5) is 0 Å². The lowest BCUT2D eigenvalue weighted by atomic mass is 10.0. The standard InChI is InChI=1S/C57H101NO5/c1-4-7-10-13-16-19-22-24-26-27-28-29-30-32-35-38-41-44-47-50-57(62)63-53(48-45-42-39-36-34-31-25-23-20-17-14-11-8-5-2)51-56(61)58-54(52-59)55(60)49-46-43-40-37-33-21-18-15-12-9-6-3/h16,19,24,26,28-29,31-32,34-36,39,53-55,59-60H,4-15,17-18,20-23,25,27,30,33,37-38,40-52H2,1-3H3,(H,58,61)/b19-16-,26-24-,29-28-,34-31+,35-32-,39-36+. The summed E-state index contributed by atoms with van der Waals surface area (Å²) in [5, 5.41) is 23.7. The van der Waals surface area contributed by atoms with Crippen molar-refractivity contribution in [2.24, 2.45) is 0 Å². The van der Waals surface area contributed by atoms with Gasteiger partial charge in [-0.1, -0.05) is 222 Å². The lowest BCUT2D eigenvalue weighted by Crippen LogP contribution is -2.46. The monoisotopic (exact) mass is 880 g/mol. The van der Waals surface area contributed by atoms with Crippen molar-refractivity contribution < 1.29 is 24.5 Å². The first-order valence-corrected chi connectivity index (χ1v) is 26.7. The maximum atomic E-state index is 13.2. The van der Waals surface area contributed by atoms with Gasteiger partial charge in [0.15, 0.2) is 0 Å². The Morgan fingerprint density at radius 1 is 0.476 bits per heavy atom. The highest BCUT2D eigenvalue weighted by Gasteiger charge is 2.24. The van der Waals surface area contributed by atoms with Crippen molar-refractivity contribution in [3.63, 3.8) is 0 Å². The molecule has 364 valence electrons. The van der Waals surface area contributed by atoms with Crippen LogP contribution in [0.15, 0.2) is 72.9 Å². The zero-order chi connectivity index (χ0) is 45.9. The normalized spacial score (nSPS) is 13.8. The van der Waals surface area contributed by atoms with E-state index in [1.807, 2.05) is 0 Å². The van der Waals surface area contributed by atoms with Gasteiger partial charge in [0.2, 0.25) is 5.91 Å². The van der Waals surface area contributed by atoms with Crippen LogP contribution >= 0.6 is 0 Å². The molecule has 6 nitrogen and oxygen atoms in total. The second kappa shape index (κ2) is 50.3. The number of unbranched alkanes of at least 4 members (excludes halogenated alkanes) is 24. The maximum Gasteiger partial charge on any atom is 0.306 e. The minimum Gasteiger partial charge on any atom is -0.462 e. The fraction of sp³-hybridized carbons (Fsp3) is 0.754. The first-order valence-electron chi connectivity index (χ1n) is 26.7. The van der Waals surface area contributed by atoms with Crippen LogP contribution in [0.5, 0.6) is 0 Å². The molecule has 0 bridgehead atoms. The summed E-state index contributed by atoms with van der Waals surface area (Å²) in [6.45, 7) is 6.42. The highest BCUT2D eigenvalue weighted by molar-refractivity contribution is 5.77. The van der Waals surface area contributed by atoms with Gasteiger partial charge in [0, 0.05) is 6.42 Å². The Balaban J connectivity index is 4.69. The number of esters is 1. The van der Waals surface area contributed by atoms with E-state index in [1.54, 1.807) is 0 Å². The number of ether oxygens (including phenoxy) is 1. The zero-order valence-corrected chi connectivity index (χ0v) is 41.4. The number of aliphatic hydroxyl groups is 2. The van der Waals surface area contributed by atoms with E-state index in [1.165, 1.54) is 122 Å². The van der Waals surface area contributed by atoms with Gasteiger partial charge in [-0.2, -0.15) is 0 Å². The van der Waals surface area contributed by atoms with Crippen LogP contribution in [-0.4, -0.2) is 46.9 Å². The van der Waals surface area contributed by atoms with Gasteiger partial charge in [0.05, 0.1) is 25.2 Å². The minimum absolute atomic E-state index is 0.0293. The molecule has 0 aliphatic heterocycles. The molecule has 0 rings (SSSR count). The molecule has 0 saturated carbocycles. The molecule has 63 heavy (non-hydrogen) atoms. The summed E-state index contributed by atoms with van der Waals surface area (Å²) < 4.78 is 5.90. The Kier molecular flexibility index (Phi) is 48.1. The first kappa shape index (κ1) is 60.3. The average molecular weight is 880 g/mol. The maximum absolute atomic E-state index is 13.2. The number of carbonyl (C=O) groups is 2. The van der Waals surface area contributed by atoms with Crippen LogP contribution in [0.25, 0.3) is 0 Å². The highest BCUT2D eigenvalue weighted by Crippen LogP contribution is 2.16. The van der Waals surface area contributed by atoms with Crippen LogP contribution in [0.2, 0.25) is 0 Å². The molecule has 0 aromatic rings. The predicted molar refractivity (Wildman–Crippen MR) is 273 cm³/mol. The lowest BCUT2D eigenvalue weighted by molar-refractivity contribution is -0.151. The molecule has 3 atom stereocenters. The van der Waals surface area contributed by atoms with E-state index in [0.29, 0.717) is 19.3 Å². The quantitative estimate of drug-likeness (QED) is 0.0245. The van der Waals surface area contributed by atoms with Gasteiger partial charge in [-0.3, -0.25) is 9.59 Å². The molecule has 0 heterocycles. The van der Waals surface area contributed by atoms with Crippen LogP contribution in [-0.2, 0) is 14.3 Å². The number of carbonyl (C=O) groups excluding carboxylic acids is 2. The van der Waals surface area contributed by atoms with Crippen LogP contribution < -0.4 is 5.32 Å². The minimum atomic E-state index is -0.807. The molecule has 3 N–H and O–H groups in total. The molecule has 0 fully saturated rings. The SMILES string of the molecule is CCCCC/C=C\C/C=C\C/C=C\C/C=C\CCCCCC(=O)OC(CCC/C=C/C=C/CCCCCCCCC)CC(=O)NC(CO)C(O)CCCCCCCCCCCCC. The Morgan fingerprint density at radius 2 is 0.873 bits per heavy atom. The number of aliphatic hydroxyl groups excluding tert-OH is 2. The third-order valence-corrected chi connectivity index (χ3v) is 11.8. The van der Waals surface area contributed by atoms with Gasteiger partial charge < -0.3 is 20.3 Å². The number of rotatable bonds is 47. The molecule has 0 saturated heterocycles. The highest BCUT2D eigenvalue weighted by atomic mass is 16.5. The molecule has 0 aromatic carbocycles. The van der Waals surface area contributed by atoms with Crippen LogP contribution in [0, 0.1) is 0 Å². The van der Waals surface area contributed by atoms with Crippen molar-refractivity contribution >= 4 is 11.9 Å². The van der Waals surface area contributed by atoms with E-state index in [-0.39, 0.29) is 24.9 Å². The van der Waals surface area contributed by atoms with Gasteiger partial charge in [-0.15, -0.1) is 0 Å². The Morgan fingerprint density at radius 3 is 1.38 bits per heavy atom. The molecule has 3 unspecified atom stereocenters. The van der Waals surface area contributed by atoms with E-state index in [0.717, 1.165) is 83.5 Å². The largest absolute Gasteiger partial charge is 0.462 e. The molecule has 6 heteroatoms. The Labute approximate surface area is 390 Å². The Bertz CT molecular complexity index is 1170. The number of allylic oxidation sites excluding steroid dienone is 12. The van der Waals surface area contributed by atoms with Gasteiger partial charge in [0.25, 0.3) is 0 Å². The van der Waals surface area contributed by atoms with Gasteiger partial charge in [-0.05, 0) is 89.9 Å². The van der Waals surface area contributed by atoms with Crippen molar-refractivity contribution in [3.05, 3.63) is 72.9 Å². The smallest absolute Gasteiger partial charge is 0.306 e. The molecule has 0 spiro atoms. The molecular formula is C57H101NO5. The van der Waals surface area contributed by atoms with Crippen molar-refractivity contribution in [1.29, 1.82) is 0 Å². The molecular weight excluding hydrogens is 779 g/mol.